The summed E-state index contributed by atoms with van der Waals surface area (Å²) in [5.74, 6) is 0.353. The topological polar surface area (TPSA) is 49.6 Å². The molecule has 1 aliphatic rings. The van der Waals surface area contributed by atoms with Gasteiger partial charge in [-0.2, -0.15) is 5.26 Å². The van der Waals surface area contributed by atoms with Crippen LogP contribution < -0.4 is 0 Å². The molecular formula is C19H13BrClN3. The zero-order valence-electron chi connectivity index (χ0n) is 12.9. The Balaban J connectivity index is 1.91. The van der Waals surface area contributed by atoms with E-state index in [4.69, 9.17) is 16.9 Å². The Morgan fingerprint density at radius 3 is 2.83 bits per heavy atom. The van der Waals surface area contributed by atoms with E-state index >= 15 is 0 Å². The van der Waals surface area contributed by atoms with E-state index in [0.717, 1.165) is 44.1 Å². The minimum absolute atomic E-state index is 0.0981. The first-order valence-electron chi connectivity index (χ1n) is 7.68. The lowest BCUT2D eigenvalue weighted by Gasteiger charge is -2.12. The largest absolute Gasteiger partial charge is 0.264 e. The number of aromatic nitrogens is 2. The molecule has 1 saturated carbocycles. The van der Waals surface area contributed by atoms with Crippen molar-refractivity contribution in [1.82, 2.24) is 9.97 Å². The van der Waals surface area contributed by atoms with Gasteiger partial charge in [-0.1, -0.05) is 11.6 Å². The van der Waals surface area contributed by atoms with Crippen LogP contribution in [0.15, 0.2) is 41.3 Å². The minimum Gasteiger partial charge on any atom is -0.264 e. The van der Waals surface area contributed by atoms with E-state index in [1.54, 1.807) is 6.20 Å². The van der Waals surface area contributed by atoms with Gasteiger partial charge >= 0.3 is 0 Å². The third kappa shape index (κ3) is 2.49. The molecule has 3 aromatic rings. The predicted octanol–water partition coefficient (Wildman–Crippen LogP) is 5.65. The standard InChI is InChI=1S/C19H13BrClN3/c1-10-2-3-23-8-15(10)14-4-11-6-17(13-5-12(13)7-22)24-9-16(11)19(21)18(14)20/h2-4,6,8-9,12-13H,5H2,1H3. The highest BCUT2D eigenvalue weighted by atomic mass is 79.9. The molecule has 1 aliphatic carbocycles. The lowest BCUT2D eigenvalue weighted by Crippen LogP contribution is -1.92. The maximum Gasteiger partial charge on any atom is 0.0663 e. The Hall–Kier alpha value is -1.96. The third-order valence-electron chi connectivity index (χ3n) is 4.59. The summed E-state index contributed by atoms with van der Waals surface area (Å²) in [5, 5.41) is 11.6. The van der Waals surface area contributed by atoms with Gasteiger partial charge in [-0.25, -0.2) is 0 Å². The number of aryl methyl sites for hydroxylation is 1. The van der Waals surface area contributed by atoms with Crippen LogP contribution in [0.1, 0.15) is 23.6 Å². The van der Waals surface area contributed by atoms with Gasteiger partial charge in [-0.15, -0.1) is 0 Å². The SMILES string of the molecule is Cc1ccncc1-c1cc2cc(C3CC3C#N)ncc2c(Cl)c1Br. The molecular weight excluding hydrogens is 386 g/mol. The summed E-state index contributed by atoms with van der Waals surface area (Å²) in [6.07, 6.45) is 6.34. The van der Waals surface area contributed by atoms with Crippen LogP contribution in [0.2, 0.25) is 5.02 Å². The van der Waals surface area contributed by atoms with Crippen molar-refractivity contribution in [2.75, 3.05) is 0 Å². The van der Waals surface area contributed by atoms with Crippen molar-refractivity contribution in [3.8, 4) is 17.2 Å². The monoisotopic (exact) mass is 397 g/mol. The molecule has 2 atom stereocenters. The van der Waals surface area contributed by atoms with Crippen LogP contribution in [0.4, 0.5) is 0 Å². The lowest BCUT2D eigenvalue weighted by atomic mass is 9.99. The van der Waals surface area contributed by atoms with Crippen LogP contribution in [-0.4, -0.2) is 9.97 Å². The Labute approximate surface area is 153 Å². The molecule has 5 heteroatoms. The average molecular weight is 399 g/mol. The quantitative estimate of drug-likeness (QED) is 0.560. The third-order valence-corrected chi connectivity index (χ3v) is 6.03. The maximum atomic E-state index is 9.04. The van der Waals surface area contributed by atoms with Crippen LogP contribution in [0.3, 0.4) is 0 Å². The highest BCUT2D eigenvalue weighted by Gasteiger charge is 2.39. The Bertz CT molecular complexity index is 1010. The highest BCUT2D eigenvalue weighted by Crippen LogP contribution is 2.47. The maximum absolute atomic E-state index is 9.04. The number of nitrogens with zero attached hydrogens (tertiary/aromatic N) is 3. The molecule has 0 saturated heterocycles. The normalized spacial score (nSPS) is 19.2. The number of hydrogen-bond donors (Lipinski definition) is 0. The molecule has 3 nitrogen and oxygen atoms in total. The van der Waals surface area contributed by atoms with Crippen molar-refractivity contribution >= 4 is 38.3 Å². The Kier molecular flexibility index (Phi) is 3.79. The van der Waals surface area contributed by atoms with E-state index in [-0.39, 0.29) is 11.8 Å². The number of pyridine rings is 2. The smallest absolute Gasteiger partial charge is 0.0663 e. The molecule has 0 bridgehead atoms. The van der Waals surface area contributed by atoms with Crippen LogP contribution in [-0.2, 0) is 0 Å². The summed E-state index contributed by atoms with van der Waals surface area (Å²) in [7, 11) is 0. The van der Waals surface area contributed by atoms with Crippen LogP contribution in [0, 0.1) is 24.2 Å². The molecule has 0 aliphatic heterocycles. The molecule has 1 aromatic carbocycles. The van der Waals surface area contributed by atoms with E-state index in [1.165, 1.54) is 0 Å². The number of halogens is 2. The van der Waals surface area contributed by atoms with Crippen molar-refractivity contribution < 1.29 is 0 Å². The minimum atomic E-state index is 0.0981. The highest BCUT2D eigenvalue weighted by molar-refractivity contribution is 9.10. The van der Waals surface area contributed by atoms with Crippen molar-refractivity contribution in [3.05, 3.63) is 57.5 Å². The first kappa shape index (κ1) is 15.6. The van der Waals surface area contributed by atoms with Gasteiger partial charge in [0.1, 0.15) is 0 Å². The lowest BCUT2D eigenvalue weighted by molar-refractivity contribution is 0.967. The van der Waals surface area contributed by atoms with Crippen molar-refractivity contribution in [2.45, 2.75) is 19.3 Å². The fourth-order valence-corrected chi connectivity index (χ4v) is 3.86. The van der Waals surface area contributed by atoms with Crippen molar-refractivity contribution in [3.63, 3.8) is 0 Å². The molecule has 2 unspecified atom stereocenters. The molecule has 0 radical (unpaired) electrons. The van der Waals surface area contributed by atoms with Gasteiger partial charge in [0.15, 0.2) is 0 Å². The average Bonchev–Trinajstić information content (AvgIpc) is 3.38. The molecule has 2 aromatic heterocycles. The zero-order chi connectivity index (χ0) is 16.8. The molecule has 118 valence electrons. The number of benzene rings is 1. The van der Waals surface area contributed by atoms with Crippen molar-refractivity contribution in [1.29, 1.82) is 5.26 Å². The number of nitriles is 1. The molecule has 1 fully saturated rings. The Morgan fingerprint density at radius 1 is 1.29 bits per heavy atom. The van der Waals surface area contributed by atoms with E-state index in [9.17, 15) is 0 Å². The summed E-state index contributed by atoms with van der Waals surface area (Å²) < 4.78 is 0.851. The van der Waals surface area contributed by atoms with Gasteiger partial charge in [0.25, 0.3) is 0 Å². The molecule has 24 heavy (non-hydrogen) atoms. The fourth-order valence-electron chi connectivity index (χ4n) is 3.06. The van der Waals surface area contributed by atoms with Crippen LogP contribution in [0.5, 0.6) is 0 Å². The summed E-state index contributed by atoms with van der Waals surface area (Å²) in [5.41, 5.74) is 4.18. The first-order valence-corrected chi connectivity index (χ1v) is 8.85. The number of hydrogen-bond acceptors (Lipinski definition) is 3. The summed E-state index contributed by atoms with van der Waals surface area (Å²) >= 11 is 10.2. The second-order valence-corrected chi connectivity index (χ2v) is 7.32. The van der Waals surface area contributed by atoms with Gasteiger partial charge in [-0.3, -0.25) is 9.97 Å². The van der Waals surface area contributed by atoms with E-state index in [0.29, 0.717) is 5.02 Å². The van der Waals surface area contributed by atoms with Crippen LogP contribution in [0.25, 0.3) is 21.9 Å². The second-order valence-electron chi connectivity index (χ2n) is 6.15. The van der Waals surface area contributed by atoms with Gasteiger partial charge < -0.3 is 0 Å². The molecule has 0 amide bonds. The fraction of sp³-hybridized carbons (Fsp3) is 0.211. The summed E-state index contributed by atoms with van der Waals surface area (Å²) in [4.78, 5) is 8.76. The van der Waals surface area contributed by atoms with Gasteiger partial charge in [-0.05, 0) is 64.0 Å². The number of rotatable bonds is 2. The van der Waals surface area contributed by atoms with E-state index in [1.807, 2.05) is 18.5 Å². The van der Waals surface area contributed by atoms with E-state index in [2.05, 4.69) is 51.0 Å². The molecule has 0 spiro atoms. The summed E-state index contributed by atoms with van der Waals surface area (Å²) in [6.45, 7) is 2.06. The van der Waals surface area contributed by atoms with E-state index < -0.39 is 0 Å². The van der Waals surface area contributed by atoms with Crippen LogP contribution >= 0.6 is 27.5 Å². The molecule has 0 N–H and O–H groups in total. The second kappa shape index (κ2) is 5.84. The Morgan fingerprint density at radius 2 is 2.12 bits per heavy atom. The van der Waals surface area contributed by atoms with Gasteiger partial charge in [0.05, 0.1) is 17.0 Å². The van der Waals surface area contributed by atoms with Crippen molar-refractivity contribution in [2.24, 2.45) is 5.92 Å². The summed E-state index contributed by atoms with van der Waals surface area (Å²) in [6, 6.07) is 8.48. The first-order chi connectivity index (χ1) is 11.6. The van der Waals surface area contributed by atoms with Gasteiger partial charge in [0, 0.05) is 45.6 Å². The van der Waals surface area contributed by atoms with Gasteiger partial charge in [0.2, 0.25) is 0 Å². The predicted molar refractivity (Wildman–Crippen MR) is 98.9 cm³/mol. The molecule has 4 rings (SSSR count). The number of fused-ring (bicyclic) bond motifs is 1. The zero-order valence-corrected chi connectivity index (χ0v) is 15.3. The molecule has 2 heterocycles.